The van der Waals surface area contributed by atoms with Crippen LogP contribution in [0.4, 0.5) is 15.8 Å². The normalized spacial score (nSPS) is 25.6. The molecule has 0 saturated heterocycles. The molecular formula is C12H16BrFN2. The van der Waals surface area contributed by atoms with Crippen LogP contribution in [0.25, 0.3) is 0 Å². The monoisotopic (exact) mass is 286 g/mol. The van der Waals surface area contributed by atoms with Crippen molar-refractivity contribution in [2.45, 2.75) is 37.8 Å². The van der Waals surface area contributed by atoms with E-state index < -0.39 is 6.17 Å². The summed E-state index contributed by atoms with van der Waals surface area (Å²) in [5.74, 6) is -0.105. The lowest BCUT2D eigenvalue weighted by Gasteiger charge is -2.28. The molecule has 0 unspecified atom stereocenters. The van der Waals surface area contributed by atoms with E-state index in [1.165, 1.54) is 0 Å². The minimum atomic E-state index is -0.797. The highest BCUT2D eigenvalue weighted by molar-refractivity contribution is 9.10. The van der Waals surface area contributed by atoms with Gasteiger partial charge >= 0.3 is 0 Å². The summed E-state index contributed by atoms with van der Waals surface area (Å²) < 4.78 is 14.8. The molecule has 0 amide bonds. The topological polar surface area (TPSA) is 52.0 Å². The van der Waals surface area contributed by atoms with Gasteiger partial charge in [0.05, 0.1) is 11.4 Å². The standard InChI is InChI=1S/C12H16BrFN2/c13-8-5-6-10(15)12(16)11(8)7-3-1-2-4-9(7)14/h5-7,9H,1-4,15-16H2/t7-,9+/m0/s1. The number of hydrogen-bond donors (Lipinski definition) is 2. The quantitative estimate of drug-likeness (QED) is 0.775. The van der Waals surface area contributed by atoms with Gasteiger partial charge in [-0.3, -0.25) is 0 Å². The first-order valence-electron chi connectivity index (χ1n) is 5.58. The van der Waals surface area contributed by atoms with Crippen molar-refractivity contribution in [3.8, 4) is 0 Å². The van der Waals surface area contributed by atoms with E-state index in [0.29, 0.717) is 17.8 Å². The highest BCUT2D eigenvalue weighted by Gasteiger charge is 2.29. The van der Waals surface area contributed by atoms with Gasteiger partial charge in [-0.2, -0.15) is 0 Å². The van der Waals surface area contributed by atoms with Gasteiger partial charge in [0.2, 0.25) is 0 Å². The Balaban J connectivity index is 2.42. The molecular weight excluding hydrogens is 271 g/mol. The minimum absolute atomic E-state index is 0.105. The second kappa shape index (κ2) is 4.62. The lowest BCUT2D eigenvalue weighted by atomic mass is 9.81. The van der Waals surface area contributed by atoms with Crippen LogP contribution >= 0.6 is 15.9 Å². The molecule has 2 atom stereocenters. The zero-order valence-electron chi connectivity index (χ0n) is 9.05. The molecule has 0 radical (unpaired) electrons. The molecule has 4 N–H and O–H groups in total. The molecule has 16 heavy (non-hydrogen) atoms. The molecule has 4 heteroatoms. The van der Waals surface area contributed by atoms with Crippen molar-refractivity contribution in [3.05, 3.63) is 22.2 Å². The third kappa shape index (κ3) is 2.03. The zero-order chi connectivity index (χ0) is 11.7. The van der Waals surface area contributed by atoms with Gasteiger partial charge in [0, 0.05) is 10.4 Å². The van der Waals surface area contributed by atoms with Crippen LogP contribution in [0.3, 0.4) is 0 Å². The Hall–Kier alpha value is -0.770. The van der Waals surface area contributed by atoms with Crippen LogP contribution in [0, 0.1) is 0 Å². The first-order chi connectivity index (χ1) is 7.61. The number of rotatable bonds is 1. The number of hydrogen-bond acceptors (Lipinski definition) is 2. The predicted molar refractivity (Wildman–Crippen MR) is 69.1 cm³/mol. The SMILES string of the molecule is Nc1ccc(Br)c([C@H]2CCCC[C@H]2F)c1N. The second-order valence-electron chi connectivity index (χ2n) is 4.37. The number of anilines is 2. The Bertz CT molecular complexity index is 395. The fraction of sp³-hybridized carbons (Fsp3) is 0.500. The highest BCUT2D eigenvalue weighted by Crippen LogP contribution is 2.42. The summed E-state index contributed by atoms with van der Waals surface area (Å²) in [7, 11) is 0. The molecule has 1 aromatic carbocycles. The Labute approximate surface area is 103 Å². The van der Waals surface area contributed by atoms with Gasteiger partial charge in [0.15, 0.2) is 0 Å². The summed E-state index contributed by atoms with van der Waals surface area (Å²) in [6.07, 6.45) is 2.72. The van der Waals surface area contributed by atoms with Crippen molar-refractivity contribution >= 4 is 27.3 Å². The van der Waals surface area contributed by atoms with Gasteiger partial charge < -0.3 is 11.5 Å². The summed E-state index contributed by atoms with van der Waals surface area (Å²) >= 11 is 3.44. The lowest BCUT2D eigenvalue weighted by Crippen LogP contribution is -2.20. The van der Waals surface area contributed by atoms with Gasteiger partial charge in [-0.05, 0) is 30.5 Å². The van der Waals surface area contributed by atoms with Crippen molar-refractivity contribution in [1.29, 1.82) is 0 Å². The number of halogens is 2. The third-order valence-corrected chi connectivity index (χ3v) is 4.01. The second-order valence-corrected chi connectivity index (χ2v) is 5.23. The molecule has 1 fully saturated rings. The predicted octanol–water partition coefficient (Wildman–Crippen LogP) is 3.61. The van der Waals surface area contributed by atoms with E-state index in [-0.39, 0.29) is 5.92 Å². The van der Waals surface area contributed by atoms with E-state index in [0.717, 1.165) is 29.3 Å². The maximum Gasteiger partial charge on any atom is 0.107 e. The van der Waals surface area contributed by atoms with Gasteiger partial charge in [-0.1, -0.05) is 28.8 Å². The molecule has 0 bridgehead atoms. The van der Waals surface area contributed by atoms with Crippen molar-refractivity contribution in [2.75, 3.05) is 11.5 Å². The third-order valence-electron chi connectivity index (χ3n) is 3.32. The van der Waals surface area contributed by atoms with Crippen LogP contribution in [0.1, 0.15) is 37.2 Å². The fourth-order valence-electron chi connectivity index (χ4n) is 2.41. The van der Waals surface area contributed by atoms with Crippen LogP contribution in [-0.4, -0.2) is 6.17 Å². The maximum atomic E-state index is 13.9. The summed E-state index contributed by atoms with van der Waals surface area (Å²) in [5.41, 5.74) is 13.7. The van der Waals surface area contributed by atoms with E-state index in [4.69, 9.17) is 11.5 Å². The highest BCUT2D eigenvalue weighted by atomic mass is 79.9. The fourth-order valence-corrected chi connectivity index (χ4v) is 3.05. The van der Waals surface area contributed by atoms with E-state index >= 15 is 0 Å². The van der Waals surface area contributed by atoms with Gasteiger partial charge in [0.1, 0.15) is 6.17 Å². The van der Waals surface area contributed by atoms with Crippen molar-refractivity contribution in [2.24, 2.45) is 0 Å². The van der Waals surface area contributed by atoms with Crippen molar-refractivity contribution in [3.63, 3.8) is 0 Å². The van der Waals surface area contributed by atoms with E-state index in [1.807, 2.05) is 6.07 Å². The summed E-state index contributed by atoms with van der Waals surface area (Å²) in [5, 5.41) is 0. The Morgan fingerprint density at radius 1 is 1.19 bits per heavy atom. The summed E-state index contributed by atoms with van der Waals surface area (Å²) in [6, 6.07) is 3.60. The molecule has 2 rings (SSSR count). The molecule has 1 saturated carbocycles. The van der Waals surface area contributed by atoms with Crippen LogP contribution in [0.2, 0.25) is 0 Å². The number of benzene rings is 1. The first kappa shape index (κ1) is 11.7. The lowest BCUT2D eigenvalue weighted by molar-refractivity contribution is 0.216. The van der Waals surface area contributed by atoms with Crippen molar-refractivity contribution < 1.29 is 4.39 Å². The minimum Gasteiger partial charge on any atom is -0.397 e. The molecule has 0 aromatic heterocycles. The van der Waals surface area contributed by atoms with E-state index in [9.17, 15) is 4.39 Å². The smallest absolute Gasteiger partial charge is 0.107 e. The van der Waals surface area contributed by atoms with Crippen molar-refractivity contribution in [1.82, 2.24) is 0 Å². The Morgan fingerprint density at radius 3 is 2.56 bits per heavy atom. The molecule has 0 spiro atoms. The van der Waals surface area contributed by atoms with Crippen LogP contribution in [-0.2, 0) is 0 Å². The van der Waals surface area contributed by atoms with Crippen LogP contribution in [0.5, 0.6) is 0 Å². The summed E-state index contributed by atoms with van der Waals surface area (Å²) in [6.45, 7) is 0. The number of nitrogens with two attached hydrogens (primary N) is 2. The van der Waals surface area contributed by atoms with E-state index in [2.05, 4.69) is 15.9 Å². The first-order valence-corrected chi connectivity index (χ1v) is 6.38. The number of nitrogen functional groups attached to an aromatic ring is 2. The average molecular weight is 287 g/mol. The Kier molecular flexibility index (Phi) is 3.38. The van der Waals surface area contributed by atoms with Crippen LogP contribution < -0.4 is 11.5 Å². The molecule has 0 aliphatic heterocycles. The summed E-state index contributed by atoms with van der Waals surface area (Å²) in [4.78, 5) is 0. The largest absolute Gasteiger partial charge is 0.397 e. The molecule has 1 aliphatic carbocycles. The van der Waals surface area contributed by atoms with Gasteiger partial charge in [-0.15, -0.1) is 0 Å². The zero-order valence-corrected chi connectivity index (χ0v) is 10.6. The van der Waals surface area contributed by atoms with E-state index in [1.54, 1.807) is 6.07 Å². The van der Waals surface area contributed by atoms with Crippen LogP contribution in [0.15, 0.2) is 16.6 Å². The number of alkyl halides is 1. The van der Waals surface area contributed by atoms with Gasteiger partial charge in [-0.25, -0.2) is 4.39 Å². The average Bonchev–Trinajstić information content (AvgIpc) is 2.27. The molecule has 1 aromatic rings. The maximum absolute atomic E-state index is 13.9. The molecule has 0 heterocycles. The molecule has 88 valence electrons. The van der Waals surface area contributed by atoms with Gasteiger partial charge in [0.25, 0.3) is 0 Å². The molecule has 2 nitrogen and oxygen atoms in total. The molecule has 1 aliphatic rings. The Morgan fingerprint density at radius 2 is 1.88 bits per heavy atom.